The number of anilines is 1. The lowest BCUT2D eigenvalue weighted by Crippen LogP contribution is -2.04. The van der Waals surface area contributed by atoms with Crippen LogP contribution in [0.5, 0.6) is 0 Å². The first kappa shape index (κ1) is 14.1. The summed E-state index contributed by atoms with van der Waals surface area (Å²) in [5.41, 5.74) is 6.53. The minimum absolute atomic E-state index is 0.206. The minimum Gasteiger partial charge on any atom is -0.399 e. The van der Waals surface area contributed by atoms with Gasteiger partial charge in [-0.1, -0.05) is 12.1 Å². The molecule has 3 N–H and O–H groups in total. The molecule has 1 heterocycles. The quantitative estimate of drug-likeness (QED) is 0.709. The molecule has 0 saturated heterocycles. The van der Waals surface area contributed by atoms with Crippen molar-refractivity contribution in [3.8, 4) is 22.8 Å². The van der Waals surface area contributed by atoms with Crippen LogP contribution in [0.3, 0.4) is 0 Å². The minimum atomic E-state index is -4.40. The number of hydrogen-bond acceptors (Lipinski definition) is 3. The number of H-pyrrole nitrogens is 1. The van der Waals surface area contributed by atoms with Crippen LogP contribution in [0.25, 0.3) is 22.8 Å². The summed E-state index contributed by atoms with van der Waals surface area (Å²) in [6, 6.07) is 11.8. The predicted molar refractivity (Wildman–Crippen MR) is 76.7 cm³/mol. The molecular formula is C15H11F3N4. The molecule has 112 valence electrons. The van der Waals surface area contributed by atoms with Crippen LogP contribution in [-0.2, 0) is 6.18 Å². The van der Waals surface area contributed by atoms with Crippen LogP contribution in [0.1, 0.15) is 5.56 Å². The van der Waals surface area contributed by atoms with Crippen LogP contribution in [0.15, 0.2) is 48.5 Å². The fourth-order valence-electron chi connectivity index (χ4n) is 2.00. The number of rotatable bonds is 2. The third kappa shape index (κ3) is 2.78. The van der Waals surface area contributed by atoms with Crippen molar-refractivity contribution in [1.82, 2.24) is 15.2 Å². The third-order valence-electron chi connectivity index (χ3n) is 3.12. The fraction of sp³-hybridized carbons (Fsp3) is 0.0667. The Morgan fingerprint density at radius 1 is 0.955 bits per heavy atom. The standard InChI is InChI=1S/C15H11F3N4/c16-15(17,18)11-3-1-2-10(8-11)14-20-13(21-22-14)9-4-6-12(19)7-5-9/h1-8H,19H2,(H,20,21,22). The van der Waals surface area contributed by atoms with Crippen molar-refractivity contribution in [2.45, 2.75) is 6.18 Å². The highest BCUT2D eigenvalue weighted by Gasteiger charge is 2.30. The van der Waals surface area contributed by atoms with E-state index in [-0.39, 0.29) is 5.82 Å². The van der Waals surface area contributed by atoms with Crippen LogP contribution >= 0.6 is 0 Å². The second kappa shape index (κ2) is 5.18. The van der Waals surface area contributed by atoms with E-state index < -0.39 is 11.7 Å². The van der Waals surface area contributed by atoms with E-state index in [2.05, 4.69) is 15.2 Å². The van der Waals surface area contributed by atoms with Crippen LogP contribution in [-0.4, -0.2) is 15.2 Å². The molecule has 3 rings (SSSR count). The van der Waals surface area contributed by atoms with Crippen molar-refractivity contribution in [2.24, 2.45) is 0 Å². The van der Waals surface area contributed by atoms with Crippen molar-refractivity contribution >= 4 is 5.69 Å². The SMILES string of the molecule is Nc1ccc(-c2nc(-c3cccc(C(F)(F)F)c3)n[nH]2)cc1. The number of alkyl halides is 3. The Morgan fingerprint density at radius 2 is 1.68 bits per heavy atom. The van der Waals surface area contributed by atoms with Gasteiger partial charge in [-0.15, -0.1) is 0 Å². The van der Waals surface area contributed by atoms with Gasteiger partial charge in [0, 0.05) is 16.8 Å². The molecule has 1 aromatic heterocycles. The number of nitrogens with one attached hydrogen (secondary N) is 1. The van der Waals surface area contributed by atoms with Gasteiger partial charge in [-0.05, 0) is 36.4 Å². The monoisotopic (exact) mass is 304 g/mol. The van der Waals surface area contributed by atoms with Crippen LogP contribution in [0, 0.1) is 0 Å². The normalized spacial score (nSPS) is 11.6. The number of benzene rings is 2. The number of nitrogens with two attached hydrogens (primary N) is 1. The molecule has 0 bridgehead atoms. The number of aromatic amines is 1. The summed E-state index contributed by atoms with van der Waals surface area (Å²) in [6.07, 6.45) is -4.40. The molecule has 0 fully saturated rings. The zero-order valence-corrected chi connectivity index (χ0v) is 11.2. The molecule has 7 heteroatoms. The molecule has 2 aromatic carbocycles. The van der Waals surface area contributed by atoms with E-state index in [1.54, 1.807) is 24.3 Å². The van der Waals surface area contributed by atoms with E-state index in [9.17, 15) is 13.2 Å². The summed E-state index contributed by atoms with van der Waals surface area (Å²) >= 11 is 0. The van der Waals surface area contributed by atoms with Crippen LogP contribution < -0.4 is 5.73 Å². The topological polar surface area (TPSA) is 67.6 Å². The number of hydrogen-bond donors (Lipinski definition) is 2. The Morgan fingerprint density at radius 3 is 2.36 bits per heavy atom. The maximum atomic E-state index is 12.7. The van der Waals surface area contributed by atoms with E-state index >= 15 is 0 Å². The van der Waals surface area contributed by atoms with E-state index in [1.807, 2.05) is 0 Å². The first-order valence-corrected chi connectivity index (χ1v) is 6.39. The Balaban J connectivity index is 1.96. The van der Waals surface area contributed by atoms with Gasteiger partial charge < -0.3 is 5.73 Å². The zero-order chi connectivity index (χ0) is 15.7. The van der Waals surface area contributed by atoms with Crippen molar-refractivity contribution in [2.75, 3.05) is 5.73 Å². The first-order valence-electron chi connectivity index (χ1n) is 6.39. The molecule has 0 aliphatic heterocycles. The van der Waals surface area contributed by atoms with Gasteiger partial charge in [-0.3, -0.25) is 5.10 Å². The summed E-state index contributed by atoms with van der Waals surface area (Å²) in [5.74, 6) is 0.672. The largest absolute Gasteiger partial charge is 0.416 e. The van der Waals surface area contributed by atoms with Crippen molar-refractivity contribution in [3.63, 3.8) is 0 Å². The lowest BCUT2D eigenvalue weighted by Gasteiger charge is -2.06. The molecule has 0 atom stereocenters. The molecule has 4 nitrogen and oxygen atoms in total. The van der Waals surface area contributed by atoms with Gasteiger partial charge in [0.05, 0.1) is 5.56 Å². The average Bonchev–Trinajstić information content (AvgIpc) is 2.97. The summed E-state index contributed by atoms with van der Waals surface area (Å²) in [4.78, 5) is 4.23. The molecular weight excluding hydrogens is 293 g/mol. The Labute approximate surface area is 123 Å². The highest BCUT2D eigenvalue weighted by Crippen LogP contribution is 2.31. The van der Waals surface area contributed by atoms with E-state index in [1.165, 1.54) is 12.1 Å². The van der Waals surface area contributed by atoms with Crippen LogP contribution in [0.4, 0.5) is 18.9 Å². The van der Waals surface area contributed by atoms with Gasteiger partial charge in [0.2, 0.25) is 0 Å². The Hall–Kier alpha value is -2.83. The molecule has 0 spiro atoms. The number of aromatic nitrogens is 3. The van der Waals surface area contributed by atoms with Gasteiger partial charge in [-0.2, -0.15) is 18.3 Å². The number of halogens is 3. The van der Waals surface area contributed by atoms with E-state index in [0.29, 0.717) is 17.1 Å². The molecule has 0 aliphatic carbocycles. The smallest absolute Gasteiger partial charge is 0.399 e. The van der Waals surface area contributed by atoms with Crippen LogP contribution in [0.2, 0.25) is 0 Å². The molecule has 0 radical (unpaired) electrons. The second-order valence-corrected chi connectivity index (χ2v) is 4.71. The van der Waals surface area contributed by atoms with Gasteiger partial charge in [0.15, 0.2) is 11.6 Å². The zero-order valence-electron chi connectivity index (χ0n) is 11.2. The fourth-order valence-corrected chi connectivity index (χ4v) is 2.00. The molecule has 0 aliphatic rings. The lowest BCUT2D eigenvalue weighted by atomic mass is 10.1. The summed E-state index contributed by atoms with van der Waals surface area (Å²) in [5, 5.41) is 6.69. The highest BCUT2D eigenvalue weighted by molar-refractivity contribution is 5.63. The van der Waals surface area contributed by atoms with Crippen molar-refractivity contribution in [1.29, 1.82) is 0 Å². The van der Waals surface area contributed by atoms with Gasteiger partial charge in [0.1, 0.15) is 0 Å². The Bertz CT molecular complexity index is 791. The molecule has 22 heavy (non-hydrogen) atoms. The second-order valence-electron chi connectivity index (χ2n) is 4.71. The third-order valence-corrected chi connectivity index (χ3v) is 3.12. The highest BCUT2D eigenvalue weighted by atomic mass is 19.4. The maximum absolute atomic E-state index is 12.7. The molecule has 3 aromatic rings. The molecule has 0 saturated carbocycles. The van der Waals surface area contributed by atoms with E-state index in [0.717, 1.165) is 17.7 Å². The summed E-state index contributed by atoms with van der Waals surface area (Å²) in [7, 11) is 0. The summed E-state index contributed by atoms with van der Waals surface area (Å²) < 4.78 is 38.2. The Kier molecular flexibility index (Phi) is 3.32. The van der Waals surface area contributed by atoms with Gasteiger partial charge in [0.25, 0.3) is 0 Å². The molecule has 0 amide bonds. The van der Waals surface area contributed by atoms with Gasteiger partial charge in [-0.25, -0.2) is 4.98 Å². The van der Waals surface area contributed by atoms with Crippen molar-refractivity contribution in [3.05, 3.63) is 54.1 Å². The predicted octanol–water partition coefficient (Wildman–Crippen LogP) is 3.74. The number of nitrogen functional groups attached to an aromatic ring is 1. The lowest BCUT2D eigenvalue weighted by molar-refractivity contribution is -0.137. The molecule has 0 unspecified atom stereocenters. The van der Waals surface area contributed by atoms with Gasteiger partial charge >= 0.3 is 6.18 Å². The number of nitrogens with zero attached hydrogens (tertiary/aromatic N) is 2. The maximum Gasteiger partial charge on any atom is 0.416 e. The first-order chi connectivity index (χ1) is 10.4. The summed E-state index contributed by atoms with van der Waals surface area (Å²) in [6.45, 7) is 0. The van der Waals surface area contributed by atoms with E-state index in [4.69, 9.17) is 5.73 Å². The van der Waals surface area contributed by atoms with Crippen molar-refractivity contribution < 1.29 is 13.2 Å². The average molecular weight is 304 g/mol.